The van der Waals surface area contributed by atoms with Crippen LogP contribution in [0.4, 0.5) is 0 Å². The van der Waals surface area contributed by atoms with E-state index in [1.807, 2.05) is 23.2 Å². The van der Waals surface area contributed by atoms with E-state index in [1.165, 1.54) is 0 Å². The summed E-state index contributed by atoms with van der Waals surface area (Å²) < 4.78 is 0. The second-order valence-electron chi connectivity index (χ2n) is 5.12. The molecule has 0 unspecified atom stereocenters. The molecule has 1 amide bonds. The van der Waals surface area contributed by atoms with Crippen molar-refractivity contribution in [3.05, 3.63) is 42.7 Å². The van der Waals surface area contributed by atoms with Gasteiger partial charge in [0.25, 0.3) is 0 Å². The van der Waals surface area contributed by atoms with E-state index < -0.39 is 0 Å². The maximum Gasteiger partial charge on any atom is 0.232 e. The summed E-state index contributed by atoms with van der Waals surface area (Å²) in [7, 11) is 0. The van der Waals surface area contributed by atoms with Gasteiger partial charge in [-0.3, -0.25) is 9.78 Å². The van der Waals surface area contributed by atoms with Crippen molar-refractivity contribution in [2.75, 3.05) is 18.8 Å². The highest BCUT2D eigenvalue weighted by atomic mass is 32.2. The third kappa shape index (κ3) is 3.64. The number of pyridine rings is 1. The summed E-state index contributed by atoms with van der Waals surface area (Å²) in [6.07, 6.45) is 9.25. The quantitative estimate of drug-likeness (QED) is 0.880. The van der Waals surface area contributed by atoms with Gasteiger partial charge in [0.2, 0.25) is 5.91 Å². The Hall–Kier alpha value is -1.82. The Morgan fingerprint density at radius 2 is 2.24 bits per heavy atom. The van der Waals surface area contributed by atoms with Gasteiger partial charge in [-0.25, -0.2) is 4.98 Å². The predicted octanol–water partition coefficient (Wildman–Crippen LogP) is 2.30. The van der Waals surface area contributed by atoms with Gasteiger partial charge in [0, 0.05) is 48.7 Å². The van der Waals surface area contributed by atoms with E-state index in [1.54, 1.807) is 30.4 Å². The smallest absolute Gasteiger partial charge is 0.232 e. The van der Waals surface area contributed by atoms with Crippen molar-refractivity contribution in [2.45, 2.75) is 23.7 Å². The largest absolute Gasteiger partial charge is 0.348 e. The molecule has 1 saturated heterocycles. The molecule has 1 atom stereocenters. The highest BCUT2D eigenvalue weighted by Crippen LogP contribution is 2.25. The Morgan fingerprint density at radius 3 is 3.00 bits per heavy atom. The van der Waals surface area contributed by atoms with E-state index in [0.29, 0.717) is 11.7 Å². The zero-order valence-corrected chi connectivity index (χ0v) is 12.6. The standard InChI is InChI=1S/C15H18N4OS/c20-14(11-21-13-3-5-16-6-4-13)19-9-1-2-12(10-19)15-17-7-8-18-15/h3-8,12H,1-2,9-11H2,(H,17,18)/t12-/m0/s1. The Morgan fingerprint density at radius 1 is 1.38 bits per heavy atom. The summed E-state index contributed by atoms with van der Waals surface area (Å²) >= 11 is 1.57. The molecule has 0 spiro atoms. The van der Waals surface area contributed by atoms with Crippen LogP contribution in [0.25, 0.3) is 0 Å². The molecule has 0 radical (unpaired) electrons. The van der Waals surface area contributed by atoms with Crippen molar-refractivity contribution >= 4 is 17.7 Å². The SMILES string of the molecule is O=C(CSc1ccncc1)N1CCC[C@H](c2ncc[nH]2)C1. The molecule has 1 fully saturated rings. The summed E-state index contributed by atoms with van der Waals surface area (Å²) in [5, 5.41) is 0. The number of nitrogens with one attached hydrogen (secondary N) is 1. The van der Waals surface area contributed by atoms with E-state index >= 15 is 0 Å². The third-order valence-electron chi connectivity index (χ3n) is 3.69. The molecule has 0 aliphatic carbocycles. The van der Waals surface area contributed by atoms with E-state index in [9.17, 15) is 4.79 Å². The van der Waals surface area contributed by atoms with Crippen LogP contribution in [0.1, 0.15) is 24.6 Å². The first kappa shape index (κ1) is 14.1. The number of aromatic amines is 1. The van der Waals surface area contributed by atoms with Crippen LogP contribution >= 0.6 is 11.8 Å². The number of thioether (sulfide) groups is 1. The molecule has 110 valence electrons. The number of nitrogens with zero attached hydrogens (tertiary/aromatic N) is 3. The van der Waals surface area contributed by atoms with Crippen molar-refractivity contribution in [3.8, 4) is 0 Å². The second-order valence-corrected chi connectivity index (χ2v) is 6.17. The molecule has 3 rings (SSSR count). The zero-order valence-electron chi connectivity index (χ0n) is 11.7. The highest BCUT2D eigenvalue weighted by Gasteiger charge is 2.25. The summed E-state index contributed by atoms with van der Waals surface area (Å²) in [5.41, 5.74) is 0. The lowest BCUT2D eigenvalue weighted by molar-refractivity contribution is -0.129. The van der Waals surface area contributed by atoms with Gasteiger partial charge in [-0.2, -0.15) is 0 Å². The zero-order chi connectivity index (χ0) is 14.5. The van der Waals surface area contributed by atoms with Crippen molar-refractivity contribution < 1.29 is 4.79 Å². The van der Waals surface area contributed by atoms with Gasteiger partial charge in [0.1, 0.15) is 5.82 Å². The first-order chi connectivity index (χ1) is 10.3. The first-order valence-corrected chi connectivity index (χ1v) is 8.11. The van der Waals surface area contributed by atoms with Gasteiger partial charge in [0.15, 0.2) is 0 Å². The number of hydrogen-bond acceptors (Lipinski definition) is 4. The number of carbonyl (C=O) groups is 1. The van der Waals surface area contributed by atoms with E-state index in [4.69, 9.17) is 0 Å². The topological polar surface area (TPSA) is 61.9 Å². The lowest BCUT2D eigenvalue weighted by atomic mass is 9.97. The second kappa shape index (κ2) is 6.76. The number of H-pyrrole nitrogens is 1. The fourth-order valence-corrected chi connectivity index (χ4v) is 3.39. The summed E-state index contributed by atoms with van der Waals surface area (Å²) in [6.45, 7) is 1.62. The Balaban J connectivity index is 1.55. The number of piperidine rings is 1. The fourth-order valence-electron chi connectivity index (χ4n) is 2.60. The Labute approximate surface area is 128 Å². The number of amides is 1. The molecule has 0 aromatic carbocycles. The normalized spacial score (nSPS) is 18.7. The lowest BCUT2D eigenvalue weighted by Gasteiger charge is -2.31. The molecular weight excluding hydrogens is 284 g/mol. The molecular formula is C15H18N4OS. The minimum atomic E-state index is 0.202. The molecule has 3 heterocycles. The number of aromatic nitrogens is 3. The van der Waals surface area contributed by atoms with Crippen molar-refractivity contribution in [3.63, 3.8) is 0 Å². The monoisotopic (exact) mass is 302 g/mol. The van der Waals surface area contributed by atoms with E-state index in [0.717, 1.165) is 36.7 Å². The number of carbonyl (C=O) groups excluding carboxylic acids is 1. The molecule has 5 nitrogen and oxygen atoms in total. The van der Waals surface area contributed by atoms with Crippen LogP contribution in [0, 0.1) is 0 Å². The molecule has 2 aromatic heterocycles. The average molecular weight is 302 g/mol. The number of hydrogen-bond donors (Lipinski definition) is 1. The van der Waals surface area contributed by atoms with Crippen LogP contribution in [0.3, 0.4) is 0 Å². The van der Waals surface area contributed by atoms with Crippen LogP contribution in [-0.2, 0) is 4.79 Å². The Kier molecular flexibility index (Phi) is 4.55. The summed E-state index contributed by atoms with van der Waals surface area (Å²) in [5.74, 6) is 2.01. The number of rotatable bonds is 4. The first-order valence-electron chi connectivity index (χ1n) is 7.13. The molecule has 1 N–H and O–H groups in total. The summed E-state index contributed by atoms with van der Waals surface area (Å²) in [4.78, 5) is 26.9. The molecule has 21 heavy (non-hydrogen) atoms. The molecule has 0 bridgehead atoms. The fraction of sp³-hybridized carbons (Fsp3) is 0.400. The minimum Gasteiger partial charge on any atom is -0.348 e. The van der Waals surface area contributed by atoms with Gasteiger partial charge in [-0.15, -0.1) is 11.8 Å². The molecule has 0 saturated carbocycles. The van der Waals surface area contributed by atoms with Gasteiger partial charge in [0.05, 0.1) is 5.75 Å². The number of imidazole rings is 1. The molecule has 6 heteroatoms. The molecule has 2 aromatic rings. The van der Waals surface area contributed by atoms with Crippen molar-refractivity contribution in [2.24, 2.45) is 0 Å². The summed E-state index contributed by atoms with van der Waals surface area (Å²) in [6, 6.07) is 3.86. The average Bonchev–Trinajstić information content (AvgIpc) is 3.08. The van der Waals surface area contributed by atoms with Gasteiger partial charge in [-0.05, 0) is 25.0 Å². The van der Waals surface area contributed by atoms with Crippen molar-refractivity contribution in [1.82, 2.24) is 19.9 Å². The van der Waals surface area contributed by atoms with Gasteiger partial charge < -0.3 is 9.88 Å². The molecule has 1 aliphatic rings. The Bertz CT molecular complexity index is 573. The third-order valence-corrected chi connectivity index (χ3v) is 4.69. The predicted molar refractivity (Wildman–Crippen MR) is 82.1 cm³/mol. The van der Waals surface area contributed by atoms with Gasteiger partial charge in [-0.1, -0.05) is 0 Å². The van der Waals surface area contributed by atoms with E-state index in [2.05, 4.69) is 15.0 Å². The van der Waals surface area contributed by atoms with Crippen LogP contribution < -0.4 is 0 Å². The van der Waals surface area contributed by atoms with Crippen molar-refractivity contribution in [1.29, 1.82) is 0 Å². The molecule has 1 aliphatic heterocycles. The maximum absolute atomic E-state index is 12.3. The van der Waals surface area contributed by atoms with Gasteiger partial charge >= 0.3 is 0 Å². The minimum absolute atomic E-state index is 0.202. The highest BCUT2D eigenvalue weighted by molar-refractivity contribution is 8.00. The van der Waals surface area contributed by atoms with Crippen LogP contribution in [0.5, 0.6) is 0 Å². The number of likely N-dealkylation sites (tertiary alicyclic amines) is 1. The van der Waals surface area contributed by atoms with Crippen LogP contribution in [0.2, 0.25) is 0 Å². The lowest BCUT2D eigenvalue weighted by Crippen LogP contribution is -2.40. The van der Waals surface area contributed by atoms with Crippen LogP contribution in [0.15, 0.2) is 41.8 Å². The maximum atomic E-state index is 12.3. The van der Waals surface area contributed by atoms with E-state index in [-0.39, 0.29) is 5.91 Å². The van der Waals surface area contributed by atoms with Crippen LogP contribution in [-0.4, -0.2) is 44.6 Å².